The normalized spacial score (nSPS) is 32.8. The fourth-order valence-corrected chi connectivity index (χ4v) is 5.91. The molecule has 0 bridgehead atoms. The quantitative estimate of drug-likeness (QED) is 0.485. The van der Waals surface area contributed by atoms with Crippen LogP contribution in [-0.2, 0) is 11.2 Å². The fraction of sp³-hybridized carbons (Fsp3) is 0.692. The molecule has 0 amide bonds. The van der Waals surface area contributed by atoms with Crippen LogP contribution in [0.2, 0.25) is 0 Å². The number of ether oxygens (including phenoxy) is 3. The molecule has 1 saturated heterocycles. The topological polar surface area (TPSA) is 91.6 Å². The third-order valence-electron chi connectivity index (χ3n) is 7.75. The molecule has 1 aromatic carbocycles. The number of benzene rings is 1. The van der Waals surface area contributed by atoms with Crippen molar-refractivity contribution in [2.45, 2.75) is 75.9 Å². The van der Waals surface area contributed by atoms with Gasteiger partial charge in [0.2, 0.25) is 0 Å². The molecule has 3 N–H and O–H groups in total. The lowest BCUT2D eigenvalue weighted by atomic mass is 9.65. The average Bonchev–Trinajstić information content (AvgIpc) is 3.04. The van der Waals surface area contributed by atoms with Crippen molar-refractivity contribution >= 4 is 0 Å². The van der Waals surface area contributed by atoms with E-state index in [1.54, 1.807) is 21.3 Å². The van der Waals surface area contributed by atoms with Gasteiger partial charge in [0.25, 0.3) is 0 Å². The van der Waals surface area contributed by atoms with Crippen LogP contribution in [0.15, 0.2) is 29.8 Å². The number of hydrogen-bond donors (Lipinski definition) is 3. The number of methoxy groups -OCH3 is 3. The van der Waals surface area contributed by atoms with Crippen LogP contribution in [-0.4, -0.2) is 84.1 Å². The summed E-state index contributed by atoms with van der Waals surface area (Å²) in [4.78, 5) is 2.20. The van der Waals surface area contributed by atoms with E-state index in [1.165, 1.54) is 0 Å². The van der Waals surface area contributed by atoms with Crippen molar-refractivity contribution in [3.05, 3.63) is 35.4 Å². The summed E-state index contributed by atoms with van der Waals surface area (Å²) in [5, 5.41) is 33.9. The molecule has 3 rings (SSSR count). The number of rotatable bonds is 9. The Hall–Kier alpha value is -1.64. The van der Waals surface area contributed by atoms with Gasteiger partial charge in [-0.25, -0.2) is 0 Å². The van der Waals surface area contributed by atoms with Gasteiger partial charge in [-0.05, 0) is 64.2 Å². The van der Waals surface area contributed by atoms with Crippen LogP contribution >= 0.6 is 0 Å². The summed E-state index contributed by atoms with van der Waals surface area (Å²) in [5.74, 6) is 0.948. The zero-order valence-corrected chi connectivity index (χ0v) is 20.9. The summed E-state index contributed by atoms with van der Waals surface area (Å²) in [6, 6.07) is 5.87. The van der Waals surface area contributed by atoms with E-state index in [9.17, 15) is 15.3 Å². The number of likely N-dealkylation sites (tertiary alicyclic amines) is 1. The highest BCUT2D eigenvalue weighted by atomic mass is 16.5. The first-order valence-corrected chi connectivity index (χ1v) is 11.8. The zero-order valence-electron chi connectivity index (χ0n) is 20.9. The number of fused-ring (bicyclic) bond motifs is 1. The molecule has 7 nitrogen and oxygen atoms in total. The maximum atomic E-state index is 11.7. The molecule has 1 heterocycles. The molecule has 1 aromatic rings. The van der Waals surface area contributed by atoms with E-state index in [-0.39, 0.29) is 0 Å². The van der Waals surface area contributed by atoms with Crippen LogP contribution in [0.1, 0.15) is 45.6 Å². The van der Waals surface area contributed by atoms with Gasteiger partial charge in [0.15, 0.2) is 11.5 Å². The number of β-amino-alcohol motifs (C(OH)–C–C–N with tert-alkyl or cyclic N) is 1. The standard InChI is InChI=1S/C26H41NO6/c1-17(2)7-10-22(29)25(3)24-23(33-6)19(28)11-13-26(24,30)16-27(25)14-12-18-8-9-20(31-4)21(15-18)32-5/h7-9,15,19,22-24,28-30H,10-14,16H2,1-6H3/t19-,22-,23-,24-,25-,26+/m1/s1. The first-order valence-electron chi connectivity index (χ1n) is 11.8. The van der Waals surface area contributed by atoms with Crippen molar-refractivity contribution in [1.82, 2.24) is 4.90 Å². The van der Waals surface area contributed by atoms with Crippen LogP contribution in [0.5, 0.6) is 11.5 Å². The van der Waals surface area contributed by atoms with Crippen molar-refractivity contribution in [1.29, 1.82) is 0 Å². The minimum Gasteiger partial charge on any atom is -0.493 e. The van der Waals surface area contributed by atoms with E-state index in [0.29, 0.717) is 50.3 Å². The van der Waals surface area contributed by atoms with E-state index in [4.69, 9.17) is 14.2 Å². The molecule has 33 heavy (non-hydrogen) atoms. The summed E-state index contributed by atoms with van der Waals surface area (Å²) in [5.41, 5.74) is 0.422. The highest BCUT2D eigenvalue weighted by Crippen LogP contribution is 2.52. The van der Waals surface area contributed by atoms with Crippen LogP contribution < -0.4 is 9.47 Å². The summed E-state index contributed by atoms with van der Waals surface area (Å²) in [6.45, 7) is 7.11. The molecule has 6 atom stereocenters. The van der Waals surface area contributed by atoms with E-state index >= 15 is 0 Å². The van der Waals surface area contributed by atoms with Crippen molar-refractivity contribution in [2.75, 3.05) is 34.4 Å². The molecule has 0 unspecified atom stereocenters. The lowest BCUT2D eigenvalue weighted by molar-refractivity contribution is -0.169. The number of hydrogen-bond acceptors (Lipinski definition) is 7. The van der Waals surface area contributed by atoms with Gasteiger partial charge in [-0.2, -0.15) is 0 Å². The number of aliphatic hydroxyl groups excluding tert-OH is 2. The van der Waals surface area contributed by atoms with Crippen LogP contribution in [0.25, 0.3) is 0 Å². The molecule has 1 saturated carbocycles. The Morgan fingerprint density at radius 2 is 1.91 bits per heavy atom. The molecule has 2 fully saturated rings. The van der Waals surface area contributed by atoms with Gasteiger partial charge in [0, 0.05) is 26.1 Å². The first-order chi connectivity index (χ1) is 15.6. The summed E-state index contributed by atoms with van der Waals surface area (Å²) < 4.78 is 16.5. The van der Waals surface area contributed by atoms with Gasteiger partial charge in [0.1, 0.15) is 0 Å². The Labute approximate surface area is 198 Å². The second-order valence-electron chi connectivity index (χ2n) is 10.0. The minimum absolute atomic E-state index is 0.412. The average molecular weight is 464 g/mol. The van der Waals surface area contributed by atoms with Crippen molar-refractivity contribution in [3.8, 4) is 11.5 Å². The van der Waals surface area contributed by atoms with E-state index in [0.717, 1.165) is 11.1 Å². The summed E-state index contributed by atoms with van der Waals surface area (Å²) in [7, 11) is 4.81. The lowest BCUT2D eigenvalue weighted by Gasteiger charge is -2.50. The van der Waals surface area contributed by atoms with Crippen molar-refractivity contribution in [3.63, 3.8) is 0 Å². The lowest BCUT2D eigenvalue weighted by Crippen LogP contribution is -2.63. The van der Waals surface area contributed by atoms with E-state index in [2.05, 4.69) is 4.90 Å². The largest absolute Gasteiger partial charge is 0.493 e. The highest BCUT2D eigenvalue weighted by Gasteiger charge is 2.65. The molecule has 0 radical (unpaired) electrons. The first kappa shape index (κ1) is 26.0. The predicted octanol–water partition coefficient (Wildman–Crippen LogP) is 2.55. The number of aliphatic hydroxyl groups is 3. The van der Waals surface area contributed by atoms with Gasteiger partial charge in [-0.1, -0.05) is 17.7 Å². The monoisotopic (exact) mass is 463 g/mol. The molecule has 0 spiro atoms. The summed E-state index contributed by atoms with van der Waals surface area (Å²) in [6.07, 6.45) is 2.26. The van der Waals surface area contributed by atoms with Crippen LogP contribution in [0.3, 0.4) is 0 Å². The molecule has 2 aliphatic rings. The minimum atomic E-state index is -1.03. The molecule has 1 aliphatic carbocycles. The molecule has 7 heteroatoms. The SMILES string of the molecule is COc1ccc(CCN2C[C@@]3(O)CC[C@@H](O)[C@@H](OC)[C@@H]3[C@@]2(C)[C@H](O)CC=C(C)C)cc1OC. The second-order valence-corrected chi connectivity index (χ2v) is 10.0. The fourth-order valence-electron chi connectivity index (χ4n) is 5.91. The highest BCUT2D eigenvalue weighted by molar-refractivity contribution is 5.43. The van der Waals surface area contributed by atoms with Gasteiger partial charge in [0.05, 0.1) is 43.7 Å². The molecule has 1 aliphatic heterocycles. The Morgan fingerprint density at radius 1 is 1.21 bits per heavy atom. The molecule has 0 aromatic heterocycles. The van der Waals surface area contributed by atoms with Gasteiger partial charge in [-0.15, -0.1) is 0 Å². The van der Waals surface area contributed by atoms with Crippen LogP contribution in [0.4, 0.5) is 0 Å². The van der Waals surface area contributed by atoms with Gasteiger partial charge in [-0.3, -0.25) is 4.90 Å². The third kappa shape index (κ3) is 4.93. The molecule has 186 valence electrons. The third-order valence-corrected chi connectivity index (χ3v) is 7.75. The Balaban J connectivity index is 1.92. The van der Waals surface area contributed by atoms with Gasteiger partial charge < -0.3 is 29.5 Å². The maximum Gasteiger partial charge on any atom is 0.160 e. The van der Waals surface area contributed by atoms with E-state index in [1.807, 2.05) is 45.0 Å². The second kappa shape index (κ2) is 10.3. The van der Waals surface area contributed by atoms with Gasteiger partial charge >= 0.3 is 0 Å². The smallest absolute Gasteiger partial charge is 0.160 e. The maximum absolute atomic E-state index is 11.7. The Kier molecular flexibility index (Phi) is 8.12. The van der Waals surface area contributed by atoms with Crippen LogP contribution in [0, 0.1) is 5.92 Å². The molecular weight excluding hydrogens is 422 g/mol. The number of nitrogens with zero attached hydrogens (tertiary/aromatic N) is 1. The number of allylic oxidation sites excluding steroid dienone is 1. The van der Waals surface area contributed by atoms with E-state index < -0.39 is 35.4 Å². The summed E-state index contributed by atoms with van der Waals surface area (Å²) >= 11 is 0. The zero-order chi connectivity index (χ0) is 24.4. The Bertz CT molecular complexity index is 840. The predicted molar refractivity (Wildman–Crippen MR) is 128 cm³/mol. The Morgan fingerprint density at radius 3 is 2.52 bits per heavy atom. The molecular formula is C26H41NO6. The van der Waals surface area contributed by atoms with Crippen molar-refractivity contribution < 1.29 is 29.5 Å². The van der Waals surface area contributed by atoms with Crippen molar-refractivity contribution in [2.24, 2.45) is 5.92 Å².